The third-order valence-corrected chi connectivity index (χ3v) is 5.82. The van der Waals surface area contributed by atoms with Crippen LogP contribution in [0.4, 0.5) is 5.69 Å². The molecule has 1 aromatic heterocycles. The molecule has 6 heteroatoms. The number of carbonyl (C=O) groups is 1. The van der Waals surface area contributed by atoms with Gasteiger partial charge in [-0.1, -0.05) is 30.3 Å². The van der Waals surface area contributed by atoms with Crippen LogP contribution >= 0.6 is 0 Å². The van der Waals surface area contributed by atoms with Crippen LogP contribution in [0.1, 0.15) is 15.9 Å². The fourth-order valence-electron chi connectivity index (χ4n) is 4.24. The molecule has 0 spiro atoms. The molecular formula is C26H22N2O4. The molecule has 4 aromatic rings. The molecule has 0 saturated heterocycles. The van der Waals surface area contributed by atoms with Gasteiger partial charge in [0.15, 0.2) is 5.76 Å². The van der Waals surface area contributed by atoms with Crippen molar-refractivity contribution < 1.29 is 19.7 Å². The fourth-order valence-corrected chi connectivity index (χ4v) is 4.24. The summed E-state index contributed by atoms with van der Waals surface area (Å²) in [6, 6.07) is 18.7. The highest BCUT2D eigenvalue weighted by Crippen LogP contribution is 2.42. The number of ether oxygens (including phenoxy) is 1. The highest BCUT2D eigenvalue weighted by molar-refractivity contribution is 6.17. The van der Waals surface area contributed by atoms with E-state index < -0.39 is 5.78 Å². The fraction of sp³-hybridized carbons (Fsp3) is 0.115. The average molecular weight is 426 g/mol. The summed E-state index contributed by atoms with van der Waals surface area (Å²) in [5, 5.41) is 20.9. The monoisotopic (exact) mass is 426 g/mol. The van der Waals surface area contributed by atoms with Crippen LogP contribution in [0.3, 0.4) is 0 Å². The minimum Gasteiger partial charge on any atom is -0.508 e. The van der Waals surface area contributed by atoms with Crippen molar-refractivity contribution in [2.24, 2.45) is 7.05 Å². The number of allylic oxidation sites excluding steroid dienone is 1. The number of fused-ring (bicyclic) bond motifs is 2. The molecule has 6 nitrogen and oxygen atoms in total. The maximum Gasteiger partial charge on any atom is 0.235 e. The number of phenolic OH excluding ortho intramolecular Hbond substituents is 2. The van der Waals surface area contributed by atoms with Gasteiger partial charge in [-0.25, -0.2) is 0 Å². The summed E-state index contributed by atoms with van der Waals surface area (Å²) in [6.07, 6.45) is 1.72. The van der Waals surface area contributed by atoms with Crippen LogP contribution < -0.4 is 9.64 Å². The Hall–Kier alpha value is -4.19. The van der Waals surface area contributed by atoms with E-state index >= 15 is 0 Å². The summed E-state index contributed by atoms with van der Waals surface area (Å²) in [6.45, 7) is 0. The van der Waals surface area contributed by atoms with Gasteiger partial charge in [-0.2, -0.15) is 0 Å². The van der Waals surface area contributed by atoms with Crippen LogP contribution in [0.5, 0.6) is 17.2 Å². The van der Waals surface area contributed by atoms with Crippen molar-refractivity contribution in [3.8, 4) is 28.5 Å². The number of aryl methyl sites for hydroxylation is 1. The van der Waals surface area contributed by atoms with Crippen molar-refractivity contribution in [3.63, 3.8) is 0 Å². The minimum absolute atomic E-state index is 0.0613. The first-order valence-corrected chi connectivity index (χ1v) is 10.2. The Morgan fingerprint density at radius 1 is 1.00 bits per heavy atom. The Bertz CT molecular complexity index is 1410. The molecular weight excluding hydrogens is 404 g/mol. The number of phenols is 2. The van der Waals surface area contributed by atoms with Gasteiger partial charge in [-0.05, 0) is 29.8 Å². The summed E-state index contributed by atoms with van der Waals surface area (Å²) >= 11 is 0. The topological polar surface area (TPSA) is 74.9 Å². The zero-order valence-corrected chi connectivity index (χ0v) is 18.0. The first-order valence-electron chi connectivity index (χ1n) is 10.2. The molecule has 0 fully saturated rings. The van der Waals surface area contributed by atoms with Crippen LogP contribution in [0.25, 0.3) is 28.2 Å². The highest BCUT2D eigenvalue weighted by Gasteiger charge is 2.32. The first kappa shape index (κ1) is 19.8. The predicted molar refractivity (Wildman–Crippen MR) is 125 cm³/mol. The number of ketones is 1. The molecule has 2 N–H and O–H groups in total. The van der Waals surface area contributed by atoms with E-state index in [0.717, 1.165) is 39.5 Å². The Balaban J connectivity index is 1.70. The number of hydrogen-bond donors (Lipinski definition) is 2. The molecule has 160 valence electrons. The van der Waals surface area contributed by atoms with E-state index in [1.54, 1.807) is 6.08 Å². The van der Waals surface area contributed by atoms with Gasteiger partial charge in [-0.15, -0.1) is 0 Å². The van der Waals surface area contributed by atoms with Crippen molar-refractivity contribution in [1.82, 2.24) is 4.57 Å². The first-order chi connectivity index (χ1) is 15.3. The Morgan fingerprint density at radius 2 is 1.72 bits per heavy atom. The molecule has 1 aliphatic heterocycles. The van der Waals surface area contributed by atoms with Crippen LogP contribution in [0.2, 0.25) is 0 Å². The summed E-state index contributed by atoms with van der Waals surface area (Å²) in [7, 11) is 5.99. The zero-order chi connectivity index (χ0) is 22.6. The Morgan fingerprint density at radius 3 is 2.44 bits per heavy atom. The van der Waals surface area contributed by atoms with Gasteiger partial charge in [0.05, 0.1) is 5.69 Å². The smallest absolute Gasteiger partial charge is 0.235 e. The molecule has 0 aliphatic carbocycles. The number of nitrogens with zero attached hydrogens (tertiary/aromatic N) is 2. The number of para-hydroxylation sites is 1. The zero-order valence-electron chi connectivity index (χ0n) is 18.0. The molecule has 5 rings (SSSR count). The van der Waals surface area contributed by atoms with Crippen LogP contribution in [0, 0.1) is 0 Å². The number of aromatic hydroxyl groups is 2. The third kappa shape index (κ3) is 3.00. The average Bonchev–Trinajstić information content (AvgIpc) is 3.22. The lowest BCUT2D eigenvalue weighted by Gasteiger charge is -2.13. The largest absolute Gasteiger partial charge is 0.508 e. The quantitative estimate of drug-likeness (QED) is 0.454. The SMILES string of the molecule is CN(C)c1ccc(-c2c(/C=C3\Oc4cc(O)cc(O)c4C3=O)c3ccccc3n2C)cc1. The van der Waals surface area contributed by atoms with Crippen LogP contribution in [0.15, 0.2) is 66.4 Å². The van der Waals surface area contributed by atoms with Crippen molar-refractivity contribution in [2.45, 2.75) is 0 Å². The second kappa shape index (κ2) is 7.20. The molecule has 0 atom stereocenters. The highest BCUT2D eigenvalue weighted by atomic mass is 16.5. The van der Waals surface area contributed by atoms with Crippen molar-refractivity contribution in [1.29, 1.82) is 0 Å². The van der Waals surface area contributed by atoms with Crippen LogP contribution in [-0.2, 0) is 7.05 Å². The van der Waals surface area contributed by atoms with Gasteiger partial charge < -0.3 is 24.4 Å². The summed E-state index contributed by atoms with van der Waals surface area (Å²) in [5.74, 6) is -0.633. The number of anilines is 1. The lowest BCUT2D eigenvalue weighted by Crippen LogP contribution is -2.08. The third-order valence-electron chi connectivity index (χ3n) is 5.82. The number of Topliss-reactive ketones (excluding diaryl/α,β-unsaturated/α-hetero) is 1. The number of benzene rings is 3. The van der Waals surface area contributed by atoms with Gasteiger partial charge in [0.2, 0.25) is 5.78 Å². The molecule has 0 unspecified atom stereocenters. The van der Waals surface area contributed by atoms with E-state index in [-0.39, 0.29) is 28.6 Å². The van der Waals surface area contributed by atoms with Crippen molar-refractivity contribution in [3.05, 3.63) is 77.5 Å². The molecule has 0 amide bonds. The predicted octanol–water partition coefficient (Wildman–Crippen LogP) is 4.94. The van der Waals surface area contributed by atoms with E-state index in [2.05, 4.69) is 28.8 Å². The number of aromatic nitrogens is 1. The van der Waals surface area contributed by atoms with Crippen molar-refractivity contribution in [2.75, 3.05) is 19.0 Å². The minimum atomic E-state index is -0.417. The summed E-state index contributed by atoms with van der Waals surface area (Å²) < 4.78 is 7.86. The second-order valence-electron chi connectivity index (χ2n) is 8.06. The normalized spacial score (nSPS) is 14.1. The van der Waals surface area contributed by atoms with Gasteiger partial charge in [0.25, 0.3) is 0 Å². The van der Waals surface area contributed by atoms with E-state index in [0.29, 0.717) is 0 Å². The van der Waals surface area contributed by atoms with Gasteiger partial charge in [0.1, 0.15) is 22.8 Å². The molecule has 2 heterocycles. The molecule has 32 heavy (non-hydrogen) atoms. The van der Waals surface area contributed by atoms with Crippen molar-refractivity contribution >= 4 is 28.4 Å². The maximum absolute atomic E-state index is 13.0. The standard InChI is InChI=1S/C26H22N2O4/c1-27(2)16-10-8-15(9-11-16)25-19(18-6-4-5-7-20(18)28(25)3)14-23-26(31)24-21(30)12-17(29)13-22(24)32-23/h4-14,29-30H,1-3H3/b23-14-. The second-order valence-corrected chi connectivity index (χ2v) is 8.06. The Kier molecular flexibility index (Phi) is 4.44. The molecule has 0 radical (unpaired) electrons. The lowest BCUT2D eigenvalue weighted by atomic mass is 10.0. The lowest BCUT2D eigenvalue weighted by molar-refractivity contribution is 0.101. The van der Waals surface area contributed by atoms with E-state index in [9.17, 15) is 15.0 Å². The van der Waals surface area contributed by atoms with Gasteiger partial charge in [0, 0.05) is 55.4 Å². The van der Waals surface area contributed by atoms with Crippen LogP contribution in [-0.4, -0.2) is 34.7 Å². The van der Waals surface area contributed by atoms with Gasteiger partial charge in [-0.3, -0.25) is 4.79 Å². The number of hydrogen-bond acceptors (Lipinski definition) is 5. The molecule has 0 saturated carbocycles. The van der Waals surface area contributed by atoms with Gasteiger partial charge >= 0.3 is 0 Å². The van der Waals surface area contributed by atoms with E-state index in [4.69, 9.17) is 4.74 Å². The van der Waals surface area contributed by atoms with E-state index in [1.165, 1.54) is 6.07 Å². The molecule has 1 aliphatic rings. The number of carbonyl (C=O) groups excluding carboxylic acids is 1. The molecule has 3 aromatic carbocycles. The van der Waals surface area contributed by atoms with E-state index in [1.807, 2.05) is 50.3 Å². The maximum atomic E-state index is 13.0. The molecule has 0 bridgehead atoms. The number of rotatable bonds is 3. The Labute approximate surface area is 185 Å². The summed E-state index contributed by atoms with van der Waals surface area (Å²) in [4.78, 5) is 15.0. The summed E-state index contributed by atoms with van der Waals surface area (Å²) in [5.41, 5.74) is 4.97.